The second-order valence-corrected chi connectivity index (χ2v) is 5.35. The minimum absolute atomic E-state index is 0.0600. The number of nitrogens with two attached hydrogens (primary N) is 1. The van der Waals surface area contributed by atoms with E-state index in [9.17, 15) is 0 Å². The van der Waals surface area contributed by atoms with Gasteiger partial charge in [-0.15, -0.1) is 0 Å². The van der Waals surface area contributed by atoms with Gasteiger partial charge < -0.3 is 4.74 Å². The summed E-state index contributed by atoms with van der Waals surface area (Å²) in [5, 5.41) is 5.14. The van der Waals surface area contributed by atoms with Crippen LogP contribution in [-0.4, -0.2) is 16.9 Å². The lowest BCUT2D eigenvalue weighted by Crippen LogP contribution is -2.31. The quantitative estimate of drug-likeness (QED) is 0.635. The first-order valence-corrected chi connectivity index (χ1v) is 7.28. The zero-order valence-electron chi connectivity index (χ0n) is 12.6. The van der Waals surface area contributed by atoms with Crippen LogP contribution in [0.2, 0.25) is 5.02 Å². The molecule has 2 rings (SSSR count). The van der Waals surface area contributed by atoms with E-state index in [4.69, 9.17) is 22.2 Å². The summed E-state index contributed by atoms with van der Waals surface area (Å²) < 4.78 is 7.25. The molecule has 0 fully saturated rings. The molecule has 1 unspecified atom stereocenters. The average molecular weight is 309 g/mol. The topological polar surface area (TPSA) is 65.1 Å². The number of nitrogens with zero attached hydrogens (tertiary/aromatic N) is 2. The van der Waals surface area contributed by atoms with Crippen molar-refractivity contribution in [1.29, 1.82) is 0 Å². The Morgan fingerprint density at radius 1 is 1.43 bits per heavy atom. The summed E-state index contributed by atoms with van der Waals surface area (Å²) in [6.07, 6.45) is 1.56. The summed E-state index contributed by atoms with van der Waals surface area (Å²) in [6.45, 7) is 2.08. The monoisotopic (exact) mass is 308 g/mol. The summed E-state index contributed by atoms with van der Waals surface area (Å²) in [6, 6.07) is 7.60. The van der Waals surface area contributed by atoms with Crippen LogP contribution in [0, 0.1) is 0 Å². The van der Waals surface area contributed by atoms with E-state index >= 15 is 0 Å². The molecule has 114 valence electrons. The maximum absolute atomic E-state index is 6.08. The smallest absolute Gasteiger partial charge is 0.122 e. The van der Waals surface area contributed by atoms with Crippen LogP contribution in [-0.2, 0) is 19.9 Å². The lowest BCUT2D eigenvalue weighted by Gasteiger charge is -2.18. The van der Waals surface area contributed by atoms with Gasteiger partial charge in [0.05, 0.1) is 24.5 Å². The predicted molar refractivity (Wildman–Crippen MR) is 84.4 cm³/mol. The standard InChI is InChI=1S/C15H21ClN4O/c1-4-12-9-14(20(2)19-12)13(18-17)8-10-7-11(16)5-6-15(10)21-3/h5-7,9,13,18H,4,8,17H2,1-3H3. The van der Waals surface area contributed by atoms with Crippen molar-refractivity contribution < 1.29 is 4.74 Å². The fourth-order valence-electron chi connectivity index (χ4n) is 2.42. The molecule has 0 spiro atoms. The highest BCUT2D eigenvalue weighted by Crippen LogP contribution is 2.27. The summed E-state index contributed by atoms with van der Waals surface area (Å²) in [5.74, 6) is 6.54. The molecular formula is C15H21ClN4O. The van der Waals surface area contributed by atoms with Crippen LogP contribution in [0.1, 0.15) is 29.9 Å². The molecule has 1 aromatic carbocycles. The van der Waals surface area contributed by atoms with Gasteiger partial charge in [-0.3, -0.25) is 16.0 Å². The van der Waals surface area contributed by atoms with Crippen LogP contribution in [0.5, 0.6) is 5.75 Å². The maximum Gasteiger partial charge on any atom is 0.122 e. The molecule has 3 N–H and O–H groups in total. The molecule has 0 amide bonds. The van der Waals surface area contributed by atoms with E-state index in [2.05, 4.69) is 23.5 Å². The molecule has 1 aromatic heterocycles. The number of aromatic nitrogens is 2. The molecule has 5 nitrogen and oxygen atoms in total. The zero-order valence-corrected chi connectivity index (χ0v) is 13.3. The second kappa shape index (κ2) is 6.93. The van der Waals surface area contributed by atoms with Crippen molar-refractivity contribution in [2.45, 2.75) is 25.8 Å². The van der Waals surface area contributed by atoms with Gasteiger partial charge in [-0.1, -0.05) is 18.5 Å². The molecule has 1 heterocycles. The van der Waals surface area contributed by atoms with Gasteiger partial charge in [0.1, 0.15) is 5.75 Å². The number of hydrogen-bond acceptors (Lipinski definition) is 4. The number of nitrogens with one attached hydrogen (secondary N) is 1. The molecule has 0 radical (unpaired) electrons. The van der Waals surface area contributed by atoms with E-state index in [0.29, 0.717) is 11.4 Å². The average Bonchev–Trinajstić information content (AvgIpc) is 2.86. The Morgan fingerprint density at radius 3 is 2.76 bits per heavy atom. The Labute approximate surface area is 130 Å². The zero-order chi connectivity index (χ0) is 15.4. The van der Waals surface area contributed by atoms with Gasteiger partial charge in [-0.05, 0) is 42.7 Å². The number of rotatable bonds is 6. The van der Waals surface area contributed by atoms with Gasteiger partial charge in [-0.25, -0.2) is 0 Å². The molecule has 2 aromatic rings. The number of hydrogen-bond donors (Lipinski definition) is 2. The molecule has 0 aliphatic carbocycles. The minimum Gasteiger partial charge on any atom is -0.496 e. The Kier molecular flexibility index (Phi) is 5.22. The number of ether oxygens (including phenoxy) is 1. The van der Waals surface area contributed by atoms with E-state index < -0.39 is 0 Å². The molecule has 1 atom stereocenters. The Balaban J connectivity index is 2.30. The summed E-state index contributed by atoms with van der Waals surface area (Å²) in [7, 11) is 3.57. The highest BCUT2D eigenvalue weighted by atomic mass is 35.5. The largest absolute Gasteiger partial charge is 0.496 e. The van der Waals surface area contributed by atoms with Crippen molar-refractivity contribution in [3.8, 4) is 5.75 Å². The van der Waals surface area contributed by atoms with Gasteiger partial charge in [0.15, 0.2) is 0 Å². The maximum atomic E-state index is 6.08. The first-order valence-electron chi connectivity index (χ1n) is 6.90. The molecule has 21 heavy (non-hydrogen) atoms. The van der Waals surface area contributed by atoms with Crippen molar-refractivity contribution >= 4 is 11.6 Å². The number of hydrazine groups is 1. The first kappa shape index (κ1) is 15.8. The molecule has 6 heteroatoms. The summed E-state index contributed by atoms with van der Waals surface area (Å²) >= 11 is 6.08. The summed E-state index contributed by atoms with van der Waals surface area (Å²) in [4.78, 5) is 0. The van der Waals surface area contributed by atoms with Crippen LogP contribution >= 0.6 is 11.6 Å². The fraction of sp³-hybridized carbons (Fsp3) is 0.400. The highest BCUT2D eigenvalue weighted by Gasteiger charge is 2.18. The number of halogens is 1. The number of aryl methyl sites for hydroxylation is 2. The minimum atomic E-state index is -0.0600. The summed E-state index contributed by atoms with van der Waals surface area (Å²) in [5.41, 5.74) is 5.95. The van der Waals surface area contributed by atoms with Crippen molar-refractivity contribution in [3.63, 3.8) is 0 Å². The van der Waals surface area contributed by atoms with Crippen LogP contribution in [0.4, 0.5) is 0 Å². The molecular weight excluding hydrogens is 288 g/mol. The van der Waals surface area contributed by atoms with Gasteiger partial charge in [0, 0.05) is 12.1 Å². The van der Waals surface area contributed by atoms with Gasteiger partial charge in [0.2, 0.25) is 0 Å². The van der Waals surface area contributed by atoms with Gasteiger partial charge in [-0.2, -0.15) is 5.10 Å². The van der Waals surface area contributed by atoms with Crippen LogP contribution < -0.4 is 16.0 Å². The van der Waals surface area contributed by atoms with Crippen molar-refractivity contribution in [2.75, 3.05) is 7.11 Å². The molecule has 0 saturated carbocycles. The van der Waals surface area contributed by atoms with E-state index in [-0.39, 0.29) is 6.04 Å². The molecule has 0 bridgehead atoms. The third kappa shape index (κ3) is 3.56. The Hall–Kier alpha value is -1.56. The van der Waals surface area contributed by atoms with E-state index in [1.807, 2.05) is 29.9 Å². The van der Waals surface area contributed by atoms with E-state index in [1.54, 1.807) is 7.11 Å². The van der Waals surface area contributed by atoms with Gasteiger partial charge in [0.25, 0.3) is 0 Å². The van der Waals surface area contributed by atoms with E-state index in [0.717, 1.165) is 29.1 Å². The van der Waals surface area contributed by atoms with Crippen molar-refractivity contribution in [1.82, 2.24) is 15.2 Å². The molecule has 0 aliphatic heterocycles. The number of methoxy groups -OCH3 is 1. The van der Waals surface area contributed by atoms with E-state index in [1.165, 1.54) is 0 Å². The Bertz CT molecular complexity index is 612. The first-order chi connectivity index (χ1) is 10.1. The van der Waals surface area contributed by atoms with Crippen LogP contribution in [0.25, 0.3) is 0 Å². The number of benzene rings is 1. The SMILES string of the molecule is CCc1cc(C(Cc2cc(Cl)ccc2OC)NN)n(C)n1. The third-order valence-electron chi connectivity index (χ3n) is 3.55. The normalized spacial score (nSPS) is 12.4. The molecule has 0 saturated heterocycles. The predicted octanol–water partition coefficient (Wildman–Crippen LogP) is 2.39. The second-order valence-electron chi connectivity index (χ2n) is 4.92. The Morgan fingerprint density at radius 2 is 2.19 bits per heavy atom. The van der Waals surface area contributed by atoms with Crippen molar-refractivity contribution in [3.05, 3.63) is 46.2 Å². The van der Waals surface area contributed by atoms with Gasteiger partial charge >= 0.3 is 0 Å². The van der Waals surface area contributed by atoms with Crippen LogP contribution in [0.3, 0.4) is 0 Å². The third-order valence-corrected chi connectivity index (χ3v) is 3.79. The highest BCUT2D eigenvalue weighted by molar-refractivity contribution is 6.30. The van der Waals surface area contributed by atoms with Crippen LogP contribution in [0.15, 0.2) is 24.3 Å². The lowest BCUT2D eigenvalue weighted by atomic mass is 10.0. The lowest BCUT2D eigenvalue weighted by molar-refractivity contribution is 0.404. The molecule has 0 aliphatic rings. The van der Waals surface area contributed by atoms with Crippen molar-refractivity contribution in [2.24, 2.45) is 12.9 Å². The fourth-order valence-corrected chi connectivity index (χ4v) is 2.61.